The van der Waals surface area contributed by atoms with Crippen LogP contribution in [0.4, 0.5) is 0 Å². The predicted molar refractivity (Wildman–Crippen MR) is 78.6 cm³/mol. The second kappa shape index (κ2) is 6.62. The molecule has 1 N–H and O–H groups in total. The zero-order valence-corrected chi connectivity index (χ0v) is 12.4. The number of benzene rings is 1. The number of rotatable bonds is 4. The molecule has 0 radical (unpaired) electrons. The van der Waals surface area contributed by atoms with Crippen LogP contribution in [0.15, 0.2) is 24.3 Å². The van der Waals surface area contributed by atoms with Gasteiger partial charge in [0.2, 0.25) is 0 Å². The summed E-state index contributed by atoms with van der Waals surface area (Å²) in [5.41, 5.74) is 0. The lowest BCUT2D eigenvalue weighted by Crippen LogP contribution is -2.33. The van der Waals surface area contributed by atoms with Crippen LogP contribution in [0, 0.1) is 17.8 Å². The number of ether oxygens (including phenoxy) is 1. The van der Waals surface area contributed by atoms with Crippen LogP contribution in [-0.4, -0.2) is 17.8 Å². The van der Waals surface area contributed by atoms with Gasteiger partial charge in [-0.15, -0.1) is 0 Å². The molecule has 0 bridgehead atoms. The Morgan fingerprint density at radius 1 is 1.16 bits per heavy atom. The minimum atomic E-state index is -0.374. The molecule has 3 heteroatoms. The summed E-state index contributed by atoms with van der Waals surface area (Å²) in [5.74, 6) is 2.55. The fourth-order valence-electron chi connectivity index (χ4n) is 3.17. The second-order valence-electron chi connectivity index (χ2n) is 6.01. The van der Waals surface area contributed by atoms with Crippen molar-refractivity contribution in [3.63, 3.8) is 0 Å². The van der Waals surface area contributed by atoms with Crippen LogP contribution in [-0.2, 0) is 0 Å². The predicted octanol–water partition coefficient (Wildman–Crippen LogP) is 4.15. The van der Waals surface area contributed by atoms with Crippen molar-refractivity contribution in [2.75, 3.05) is 6.61 Å². The second-order valence-corrected chi connectivity index (χ2v) is 6.45. The van der Waals surface area contributed by atoms with Gasteiger partial charge in [0.25, 0.3) is 0 Å². The summed E-state index contributed by atoms with van der Waals surface area (Å²) >= 11 is 5.82. The average Bonchev–Trinajstić information content (AvgIpc) is 2.36. The Balaban J connectivity index is 1.83. The summed E-state index contributed by atoms with van der Waals surface area (Å²) in [4.78, 5) is 0. The van der Waals surface area contributed by atoms with Gasteiger partial charge in [-0.3, -0.25) is 0 Å². The van der Waals surface area contributed by atoms with Gasteiger partial charge in [0.1, 0.15) is 12.4 Å². The Kier molecular flexibility index (Phi) is 5.12. The van der Waals surface area contributed by atoms with Crippen molar-refractivity contribution >= 4 is 11.6 Å². The molecule has 0 saturated heterocycles. The minimum absolute atomic E-state index is 0.367. The molecule has 2 nitrogen and oxygen atoms in total. The SMILES string of the molecule is CC1CC(C)CC(C(O)COc2ccc(Cl)cc2)C1. The summed E-state index contributed by atoms with van der Waals surface area (Å²) in [6.45, 7) is 4.91. The Morgan fingerprint density at radius 2 is 1.74 bits per heavy atom. The summed E-state index contributed by atoms with van der Waals surface area (Å²) in [6, 6.07) is 7.27. The maximum atomic E-state index is 10.3. The van der Waals surface area contributed by atoms with Gasteiger partial charge in [-0.2, -0.15) is 0 Å². The zero-order chi connectivity index (χ0) is 13.8. The van der Waals surface area contributed by atoms with Crippen molar-refractivity contribution in [3.8, 4) is 5.75 Å². The number of aliphatic hydroxyl groups is 1. The molecule has 0 amide bonds. The van der Waals surface area contributed by atoms with Gasteiger partial charge in [-0.05, 0) is 61.3 Å². The Labute approximate surface area is 120 Å². The van der Waals surface area contributed by atoms with E-state index < -0.39 is 0 Å². The average molecular weight is 283 g/mol. The fourth-order valence-corrected chi connectivity index (χ4v) is 3.30. The highest BCUT2D eigenvalue weighted by Crippen LogP contribution is 2.34. The Morgan fingerprint density at radius 3 is 2.32 bits per heavy atom. The first-order valence-corrected chi connectivity index (χ1v) is 7.49. The van der Waals surface area contributed by atoms with Gasteiger partial charge in [0.05, 0.1) is 6.10 Å². The van der Waals surface area contributed by atoms with E-state index in [4.69, 9.17) is 16.3 Å². The van der Waals surface area contributed by atoms with Gasteiger partial charge in [-0.25, -0.2) is 0 Å². The molecule has 0 aliphatic heterocycles. The van der Waals surface area contributed by atoms with Gasteiger partial charge in [0, 0.05) is 5.02 Å². The molecule has 0 aromatic heterocycles. The van der Waals surface area contributed by atoms with Crippen molar-refractivity contribution in [1.29, 1.82) is 0 Å². The molecule has 2 rings (SSSR count). The molecule has 1 aliphatic carbocycles. The third-order valence-corrected chi connectivity index (χ3v) is 4.25. The fraction of sp³-hybridized carbons (Fsp3) is 0.625. The minimum Gasteiger partial charge on any atom is -0.491 e. The van der Waals surface area contributed by atoms with E-state index in [9.17, 15) is 5.11 Å². The first-order chi connectivity index (χ1) is 9.04. The third-order valence-electron chi connectivity index (χ3n) is 3.99. The smallest absolute Gasteiger partial charge is 0.119 e. The molecule has 1 aromatic rings. The highest BCUT2D eigenvalue weighted by Gasteiger charge is 2.29. The maximum absolute atomic E-state index is 10.3. The van der Waals surface area contributed by atoms with Crippen molar-refractivity contribution < 1.29 is 9.84 Å². The van der Waals surface area contributed by atoms with E-state index in [1.165, 1.54) is 6.42 Å². The Bertz CT molecular complexity index is 380. The molecule has 1 aromatic carbocycles. The molecular formula is C16H23ClO2. The van der Waals surface area contributed by atoms with E-state index >= 15 is 0 Å². The van der Waals surface area contributed by atoms with E-state index in [1.54, 1.807) is 12.1 Å². The van der Waals surface area contributed by atoms with E-state index in [0.717, 1.165) is 18.6 Å². The lowest BCUT2D eigenvalue weighted by molar-refractivity contribution is 0.0215. The monoisotopic (exact) mass is 282 g/mol. The standard InChI is InChI=1S/C16H23ClO2/c1-11-7-12(2)9-13(8-11)16(18)10-19-15-5-3-14(17)4-6-15/h3-6,11-13,16,18H,7-10H2,1-2H3. The highest BCUT2D eigenvalue weighted by molar-refractivity contribution is 6.30. The third kappa shape index (κ3) is 4.39. The van der Waals surface area contributed by atoms with Crippen molar-refractivity contribution in [1.82, 2.24) is 0 Å². The van der Waals surface area contributed by atoms with Gasteiger partial charge in [0.15, 0.2) is 0 Å². The maximum Gasteiger partial charge on any atom is 0.119 e. The number of hydrogen-bond donors (Lipinski definition) is 1. The summed E-state index contributed by atoms with van der Waals surface area (Å²) < 4.78 is 5.64. The first-order valence-electron chi connectivity index (χ1n) is 7.11. The summed E-state index contributed by atoms with van der Waals surface area (Å²) in [5, 5.41) is 11.0. The largest absolute Gasteiger partial charge is 0.491 e. The quantitative estimate of drug-likeness (QED) is 0.899. The molecule has 3 unspecified atom stereocenters. The number of aliphatic hydroxyl groups excluding tert-OH is 1. The van der Waals surface area contributed by atoms with Crippen LogP contribution in [0.2, 0.25) is 5.02 Å². The number of halogens is 1. The lowest BCUT2D eigenvalue weighted by atomic mass is 9.74. The Hall–Kier alpha value is -0.730. The van der Waals surface area contributed by atoms with Gasteiger partial charge in [-0.1, -0.05) is 25.4 Å². The lowest BCUT2D eigenvalue weighted by Gasteiger charge is -2.34. The molecule has 1 aliphatic rings. The molecule has 0 heterocycles. The highest BCUT2D eigenvalue weighted by atomic mass is 35.5. The molecule has 106 valence electrons. The molecular weight excluding hydrogens is 260 g/mol. The van der Waals surface area contributed by atoms with Crippen LogP contribution < -0.4 is 4.74 Å². The molecule has 3 atom stereocenters. The zero-order valence-electron chi connectivity index (χ0n) is 11.7. The summed E-state index contributed by atoms with van der Waals surface area (Å²) in [6.07, 6.45) is 3.12. The van der Waals surface area contributed by atoms with Crippen LogP contribution >= 0.6 is 11.6 Å². The van der Waals surface area contributed by atoms with Crippen LogP contribution in [0.25, 0.3) is 0 Å². The van der Waals surface area contributed by atoms with Crippen LogP contribution in [0.3, 0.4) is 0 Å². The molecule has 1 fully saturated rings. The van der Waals surface area contributed by atoms with E-state index in [2.05, 4.69) is 13.8 Å². The van der Waals surface area contributed by atoms with E-state index in [1.807, 2.05) is 12.1 Å². The van der Waals surface area contributed by atoms with Gasteiger partial charge >= 0.3 is 0 Å². The van der Waals surface area contributed by atoms with Crippen molar-refractivity contribution in [3.05, 3.63) is 29.3 Å². The number of hydrogen-bond acceptors (Lipinski definition) is 2. The van der Waals surface area contributed by atoms with Crippen molar-refractivity contribution in [2.45, 2.75) is 39.2 Å². The van der Waals surface area contributed by atoms with E-state index in [0.29, 0.717) is 29.4 Å². The summed E-state index contributed by atoms with van der Waals surface area (Å²) in [7, 11) is 0. The topological polar surface area (TPSA) is 29.5 Å². The molecule has 19 heavy (non-hydrogen) atoms. The van der Waals surface area contributed by atoms with Crippen molar-refractivity contribution in [2.24, 2.45) is 17.8 Å². The first kappa shape index (κ1) is 14.7. The van der Waals surface area contributed by atoms with Crippen LogP contribution in [0.5, 0.6) is 5.75 Å². The van der Waals surface area contributed by atoms with Crippen LogP contribution in [0.1, 0.15) is 33.1 Å². The molecule has 0 spiro atoms. The normalized spacial score (nSPS) is 28.9. The molecule has 1 saturated carbocycles. The van der Waals surface area contributed by atoms with Gasteiger partial charge < -0.3 is 9.84 Å². The van der Waals surface area contributed by atoms with E-state index in [-0.39, 0.29) is 6.10 Å².